The first-order chi connectivity index (χ1) is 13.7. The van der Waals surface area contributed by atoms with Gasteiger partial charge in [0.05, 0.1) is 17.3 Å². The molecule has 0 unspecified atom stereocenters. The van der Waals surface area contributed by atoms with Crippen LogP contribution < -0.4 is 5.32 Å². The van der Waals surface area contributed by atoms with Crippen LogP contribution in [0, 0.1) is 6.92 Å². The molecule has 0 aliphatic heterocycles. The number of hydrogen-bond donors (Lipinski definition) is 1. The SMILES string of the molecule is Cc1ccn(-c2ccc(NC(=O)C(c3ccccc3)c3ccccc3)cc2)n1. The molecule has 1 N–H and O–H groups in total. The summed E-state index contributed by atoms with van der Waals surface area (Å²) in [6.07, 6.45) is 1.92. The smallest absolute Gasteiger partial charge is 0.236 e. The third kappa shape index (κ3) is 3.86. The number of rotatable bonds is 5. The summed E-state index contributed by atoms with van der Waals surface area (Å²) in [5.41, 5.74) is 4.61. The predicted octanol–water partition coefficient (Wildman–Crippen LogP) is 4.95. The van der Waals surface area contributed by atoms with Crippen LogP contribution in [-0.4, -0.2) is 15.7 Å². The minimum absolute atomic E-state index is 0.0555. The van der Waals surface area contributed by atoms with Crippen molar-refractivity contribution in [3.8, 4) is 5.69 Å². The number of carbonyl (C=O) groups excluding carboxylic acids is 1. The molecule has 0 spiro atoms. The van der Waals surface area contributed by atoms with E-state index in [1.165, 1.54) is 0 Å². The highest BCUT2D eigenvalue weighted by Crippen LogP contribution is 2.26. The van der Waals surface area contributed by atoms with E-state index in [0.717, 1.165) is 28.2 Å². The van der Waals surface area contributed by atoms with Crippen LogP contribution in [0.1, 0.15) is 22.7 Å². The second kappa shape index (κ2) is 7.92. The average Bonchev–Trinajstić information content (AvgIpc) is 3.17. The number of aryl methyl sites for hydroxylation is 1. The zero-order valence-corrected chi connectivity index (χ0v) is 15.6. The lowest BCUT2D eigenvalue weighted by Crippen LogP contribution is -2.22. The lowest BCUT2D eigenvalue weighted by Gasteiger charge is -2.18. The van der Waals surface area contributed by atoms with Gasteiger partial charge in [-0.1, -0.05) is 60.7 Å². The second-order valence-corrected chi connectivity index (χ2v) is 6.69. The Morgan fingerprint density at radius 2 is 1.39 bits per heavy atom. The quantitative estimate of drug-likeness (QED) is 0.542. The number of benzene rings is 3. The van der Waals surface area contributed by atoms with Gasteiger partial charge in [-0.25, -0.2) is 4.68 Å². The monoisotopic (exact) mass is 367 g/mol. The minimum Gasteiger partial charge on any atom is -0.325 e. The number of carbonyl (C=O) groups is 1. The molecule has 3 aromatic carbocycles. The summed E-state index contributed by atoms with van der Waals surface area (Å²) in [6, 6.07) is 29.3. The average molecular weight is 367 g/mol. The maximum atomic E-state index is 13.1. The van der Waals surface area contributed by atoms with Crippen LogP contribution in [0.5, 0.6) is 0 Å². The molecule has 0 aliphatic rings. The Morgan fingerprint density at radius 1 is 0.821 bits per heavy atom. The Hall–Kier alpha value is -3.66. The van der Waals surface area contributed by atoms with Crippen molar-refractivity contribution in [2.24, 2.45) is 0 Å². The van der Waals surface area contributed by atoms with Crippen molar-refractivity contribution < 1.29 is 4.79 Å². The van der Waals surface area contributed by atoms with E-state index in [9.17, 15) is 4.79 Å². The summed E-state index contributed by atoms with van der Waals surface area (Å²) in [5.74, 6) is -0.420. The highest BCUT2D eigenvalue weighted by atomic mass is 16.1. The first-order valence-corrected chi connectivity index (χ1v) is 9.24. The molecule has 4 nitrogen and oxygen atoms in total. The van der Waals surface area contributed by atoms with Crippen LogP contribution in [0.4, 0.5) is 5.69 Å². The van der Waals surface area contributed by atoms with Gasteiger partial charge in [0.2, 0.25) is 5.91 Å². The Balaban J connectivity index is 1.58. The third-order valence-electron chi connectivity index (χ3n) is 4.65. The molecule has 4 aromatic rings. The molecule has 0 bridgehead atoms. The van der Waals surface area contributed by atoms with E-state index in [-0.39, 0.29) is 11.8 Å². The van der Waals surface area contributed by atoms with Gasteiger partial charge in [0, 0.05) is 11.9 Å². The van der Waals surface area contributed by atoms with E-state index in [0.29, 0.717) is 0 Å². The van der Waals surface area contributed by atoms with Crippen molar-refractivity contribution in [1.29, 1.82) is 0 Å². The first-order valence-electron chi connectivity index (χ1n) is 9.24. The molecule has 1 heterocycles. The predicted molar refractivity (Wildman–Crippen MR) is 112 cm³/mol. The van der Waals surface area contributed by atoms with Gasteiger partial charge in [-0.3, -0.25) is 4.79 Å². The highest BCUT2D eigenvalue weighted by molar-refractivity contribution is 5.98. The van der Waals surface area contributed by atoms with Crippen LogP contribution in [0.3, 0.4) is 0 Å². The number of nitrogens with zero attached hydrogens (tertiary/aromatic N) is 2. The van der Waals surface area contributed by atoms with E-state index in [4.69, 9.17) is 0 Å². The molecule has 0 fully saturated rings. The maximum absolute atomic E-state index is 13.1. The van der Waals surface area contributed by atoms with Crippen molar-refractivity contribution in [2.45, 2.75) is 12.8 Å². The number of aromatic nitrogens is 2. The highest BCUT2D eigenvalue weighted by Gasteiger charge is 2.22. The minimum atomic E-state index is -0.365. The van der Waals surface area contributed by atoms with E-state index in [2.05, 4.69) is 10.4 Å². The molecule has 0 radical (unpaired) electrons. The molecule has 0 aliphatic carbocycles. The van der Waals surface area contributed by atoms with Crippen molar-refractivity contribution in [1.82, 2.24) is 9.78 Å². The lowest BCUT2D eigenvalue weighted by atomic mass is 9.90. The summed E-state index contributed by atoms with van der Waals surface area (Å²) in [7, 11) is 0. The largest absolute Gasteiger partial charge is 0.325 e. The van der Waals surface area contributed by atoms with Crippen LogP contribution in [0.2, 0.25) is 0 Å². The van der Waals surface area contributed by atoms with E-state index >= 15 is 0 Å². The van der Waals surface area contributed by atoms with Crippen LogP contribution in [-0.2, 0) is 4.79 Å². The molecule has 1 aromatic heterocycles. The van der Waals surface area contributed by atoms with Crippen LogP contribution in [0.25, 0.3) is 5.69 Å². The van der Waals surface area contributed by atoms with Crippen molar-refractivity contribution in [2.75, 3.05) is 5.32 Å². The molecular weight excluding hydrogens is 346 g/mol. The Morgan fingerprint density at radius 3 is 1.89 bits per heavy atom. The molecule has 1 amide bonds. The topological polar surface area (TPSA) is 46.9 Å². The number of amides is 1. The normalized spacial score (nSPS) is 10.8. The van der Waals surface area contributed by atoms with Gasteiger partial charge in [-0.15, -0.1) is 0 Å². The Kier molecular flexibility index (Phi) is 5.02. The summed E-state index contributed by atoms with van der Waals surface area (Å²) in [6.45, 7) is 1.96. The van der Waals surface area contributed by atoms with E-state index < -0.39 is 0 Å². The maximum Gasteiger partial charge on any atom is 0.236 e. The molecule has 138 valence electrons. The van der Waals surface area contributed by atoms with Gasteiger partial charge in [0.15, 0.2) is 0 Å². The van der Waals surface area contributed by atoms with Gasteiger partial charge in [-0.2, -0.15) is 5.10 Å². The zero-order chi connectivity index (χ0) is 19.3. The molecule has 4 heteroatoms. The summed E-state index contributed by atoms with van der Waals surface area (Å²) in [4.78, 5) is 13.1. The van der Waals surface area contributed by atoms with Crippen LogP contribution >= 0.6 is 0 Å². The van der Waals surface area contributed by atoms with Crippen molar-refractivity contribution in [3.63, 3.8) is 0 Å². The standard InChI is InChI=1S/C24H21N3O/c1-18-16-17-27(26-18)22-14-12-21(13-15-22)25-24(28)23(19-8-4-2-5-9-19)20-10-6-3-7-11-20/h2-17,23H,1H3,(H,25,28). The fourth-order valence-corrected chi connectivity index (χ4v) is 3.26. The van der Waals surface area contributed by atoms with Gasteiger partial charge in [-0.05, 0) is 48.4 Å². The second-order valence-electron chi connectivity index (χ2n) is 6.69. The summed E-state index contributed by atoms with van der Waals surface area (Å²) in [5, 5.41) is 7.46. The number of anilines is 1. The van der Waals surface area contributed by atoms with E-state index in [1.807, 2.05) is 109 Å². The lowest BCUT2D eigenvalue weighted by molar-refractivity contribution is -0.116. The van der Waals surface area contributed by atoms with Crippen molar-refractivity contribution in [3.05, 3.63) is 114 Å². The fourth-order valence-electron chi connectivity index (χ4n) is 3.26. The van der Waals surface area contributed by atoms with Crippen LogP contribution in [0.15, 0.2) is 97.2 Å². The molecule has 0 saturated heterocycles. The Bertz CT molecular complexity index is 1010. The molecule has 28 heavy (non-hydrogen) atoms. The molecular formula is C24H21N3O. The number of nitrogens with one attached hydrogen (secondary N) is 1. The van der Waals surface area contributed by atoms with Gasteiger partial charge in [0.1, 0.15) is 0 Å². The van der Waals surface area contributed by atoms with Gasteiger partial charge in [0.25, 0.3) is 0 Å². The van der Waals surface area contributed by atoms with E-state index in [1.54, 1.807) is 0 Å². The third-order valence-corrected chi connectivity index (χ3v) is 4.65. The zero-order valence-electron chi connectivity index (χ0n) is 15.6. The van der Waals surface area contributed by atoms with Gasteiger partial charge < -0.3 is 5.32 Å². The molecule has 0 saturated carbocycles. The molecule has 4 rings (SSSR count). The van der Waals surface area contributed by atoms with Crippen molar-refractivity contribution >= 4 is 11.6 Å². The summed E-state index contributed by atoms with van der Waals surface area (Å²) >= 11 is 0. The first kappa shape index (κ1) is 17.7. The fraction of sp³-hybridized carbons (Fsp3) is 0.0833. The van der Waals surface area contributed by atoms with Gasteiger partial charge >= 0.3 is 0 Å². The molecule has 0 atom stereocenters. The number of hydrogen-bond acceptors (Lipinski definition) is 2. The Labute approximate surface area is 164 Å². The summed E-state index contributed by atoms with van der Waals surface area (Å²) < 4.78 is 1.82.